The van der Waals surface area contributed by atoms with Gasteiger partial charge in [-0.25, -0.2) is 9.78 Å². The van der Waals surface area contributed by atoms with Gasteiger partial charge >= 0.3 is 5.63 Å². The van der Waals surface area contributed by atoms with Gasteiger partial charge in [0.2, 0.25) is 0 Å². The zero-order chi connectivity index (χ0) is 19.0. The summed E-state index contributed by atoms with van der Waals surface area (Å²) in [5, 5.41) is 3.78. The molecule has 27 heavy (non-hydrogen) atoms. The van der Waals surface area contributed by atoms with Crippen molar-refractivity contribution in [3.05, 3.63) is 64.5 Å². The smallest absolute Gasteiger partial charge is 0.337 e. The Morgan fingerprint density at radius 2 is 2.00 bits per heavy atom. The number of nitrogens with one attached hydrogen (secondary N) is 1. The summed E-state index contributed by atoms with van der Waals surface area (Å²) in [6.45, 7) is 3.81. The fraction of sp³-hybridized carbons (Fsp3) is 0.150. The number of carbonyl (C=O) groups excluding carboxylic acids is 1. The molecule has 6 nitrogen and oxygen atoms in total. The van der Waals surface area contributed by atoms with Gasteiger partial charge in [-0.05, 0) is 38.1 Å². The van der Waals surface area contributed by atoms with E-state index in [-0.39, 0.29) is 11.7 Å². The second kappa shape index (κ2) is 6.85. The van der Waals surface area contributed by atoms with Gasteiger partial charge in [0, 0.05) is 17.5 Å². The topological polar surface area (TPSA) is 81.4 Å². The molecule has 0 saturated heterocycles. The lowest BCUT2D eigenvalue weighted by atomic mass is 10.1. The number of aromatic nitrogens is 1. The molecular formula is C20H16N2O4S. The first kappa shape index (κ1) is 17.2. The predicted molar refractivity (Wildman–Crippen MR) is 106 cm³/mol. The lowest BCUT2D eigenvalue weighted by Crippen LogP contribution is -2.15. The first-order valence-electron chi connectivity index (χ1n) is 8.41. The van der Waals surface area contributed by atoms with Crippen molar-refractivity contribution in [1.29, 1.82) is 0 Å². The lowest BCUT2D eigenvalue weighted by molar-refractivity contribution is 0.102. The van der Waals surface area contributed by atoms with Crippen molar-refractivity contribution in [3.63, 3.8) is 0 Å². The zero-order valence-corrected chi connectivity index (χ0v) is 15.5. The van der Waals surface area contributed by atoms with E-state index in [4.69, 9.17) is 9.15 Å². The summed E-state index contributed by atoms with van der Waals surface area (Å²) in [6.07, 6.45) is -0.0142. The number of anilines is 1. The molecule has 0 fully saturated rings. The summed E-state index contributed by atoms with van der Waals surface area (Å²) in [5.41, 5.74) is 0.746. The maximum absolute atomic E-state index is 12.8. The highest BCUT2D eigenvalue weighted by Crippen LogP contribution is 2.27. The molecule has 1 N–H and O–H groups in total. The van der Waals surface area contributed by atoms with Gasteiger partial charge in [0.15, 0.2) is 5.13 Å². The molecule has 0 aliphatic rings. The molecule has 2 heterocycles. The Labute approximate surface area is 158 Å². The van der Waals surface area contributed by atoms with E-state index in [2.05, 4.69) is 10.3 Å². The number of thiazole rings is 1. The van der Waals surface area contributed by atoms with Crippen LogP contribution in [0.25, 0.3) is 21.2 Å². The summed E-state index contributed by atoms with van der Waals surface area (Å²) >= 11 is 1.37. The third kappa shape index (κ3) is 3.54. The minimum Gasteiger partial charge on any atom is -0.491 e. The molecule has 136 valence electrons. The number of benzene rings is 2. The van der Waals surface area contributed by atoms with Crippen molar-refractivity contribution in [2.24, 2.45) is 0 Å². The van der Waals surface area contributed by atoms with E-state index < -0.39 is 11.5 Å². The summed E-state index contributed by atoms with van der Waals surface area (Å²) in [7, 11) is 0. The normalized spacial score (nSPS) is 11.2. The second-order valence-corrected chi connectivity index (χ2v) is 7.28. The fourth-order valence-corrected chi connectivity index (χ4v) is 3.63. The highest BCUT2D eigenvalue weighted by molar-refractivity contribution is 7.22. The van der Waals surface area contributed by atoms with E-state index in [0.29, 0.717) is 21.9 Å². The molecule has 2 aromatic carbocycles. The number of amides is 1. The fourth-order valence-electron chi connectivity index (χ4n) is 2.77. The first-order chi connectivity index (χ1) is 13.0. The highest BCUT2D eigenvalue weighted by Gasteiger charge is 2.16. The predicted octanol–water partition coefficient (Wildman–Crippen LogP) is 4.44. The van der Waals surface area contributed by atoms with Gasteiger partial charge in [-0.3, -0.25) is 10.1 Å². The Morgan fingerprint density at radius 1 is 1.19 bits per heavy atom. The molecule has 4 aromatic rings. The van der Waals surface area contributed by atoms with E-state index in [0.717, 1.165) is 10.2 Å². The van der Waals surface area contributed by atoms with Crippen LogP contribution in [0.4, 0.5) is 5.13 Å². The van der Waals surface area contributed by atoms with Crippen LogP contribution in [0, 0.1) is 0 Å². The maximum Gasteiger partial charge on any atom is 0.337 e. The van der Waals surface area contributed by atoms with Crippen LogP contribution in [0.2, 0.25) is 0 Å². The quantitative estimate of drug-likeness (QED) is 0.529. The molecule has 0 spiro atoms. The van der Waals surface area contributed by atoms with Crippen LogP contribution in [-0.4, -0.2) is 17.0 Å². The molecule has 1 amide bonds. The van der Waals surface area contributed by atoms with Crippen LogP contribution in [0.3, 0.4) is 0 Å². The average molecular weight is 380 g/mol. The third-order valence-electron chi connectivity index (χ3n) is 3.85. The SMILES string of the molecule is CC(C)Oc1ccc2c(C(=O)Nc3nc4ccccc4s3)cc(=O)oc2c1. The van der Waals surface area contributed by atoms with Gasteiger partial charge < -0.3 is 9.15 Å². The Morgan fingerprint density at radius 3 is 2.78 bits per heavy atom. The minimum absolute atomic E-state index is 0.0142. The number of carbonyl (C=O) groups is 1. The molecule has 0 saturated carbocycles. The Bertz CT molecular complexity index is 1180. The molecule has 7 heteroatoms. The van der Waals surface area contributed by atoms with Crippen molar-refractivity contribution in [2.45, 2.75) is 20.0 Å². The molecule has 0 unspecified atom stereocenters. The van der Waals surface area contributed by atoms with Crippen molar-refractivity contribution < 1.29 is 13.9 Å². The van der Waals surface area contributed by atoms with Crippen LogP contribution in [0.1, 0.15) is 24.2 Å². The van der Waals surface area contributed by atoms with E-state index in [9.17, 15) is 9.59 Å². The molecule has 0 radical (unpaired) electrons. The summed E-state index contributed by atoms with van der Waals surface area (Å²) in [4.78, 5) is 29.1. The molecule has 0 aliphatic heterocycles. The average Bonchev–Trinajstić information content (AvgIpc) is 3.02. The van der Waals surface area contributed by atoms with E-state index in [1.807, 2.05) is 38.1 Å². The Hall–Kier alpha value is -3.19. The van der Waals surface area contributed by atoms with Crippen molar-refractivity contribution in [2.75, 3.05) is 5.32 Å². The van der Waals surface area contributed by atoms with Crippen LogP contribution in [0.5, 0.6) is 5.75 Å². The lowest BCUT2D eigenvalue weighted by Gasteiger charge is -2.11. The zero-order valence-electron chi connectivity index (χ0n) is 14.7. The Kier molecular flexibility index (Phi) is 4.37. The maximum atomic E-state index is 12.8. The number of nitrogens with zero attached hydrogens (tertiary/aromatic N) is 1. The van der Waals surface area contributed by atoms with E-state index >= 15 is 0 Å². The van der Waals surface area contributed by atoms with Crippen LogP contribution < -0.4 is 15.7 Å². The van der Waals surface area contributed by atoms with Crippen LogP contribution >= 0.6 is 11.3 Å². The molecule has 0 atom stereocenters. The molecular weight excluding hydrogens is 364 g/mol. The van der Waals surface area contributed by atoms with Crippen LogP contribution in [0.15, 0.2) is 57.7 Å². The van der Waals surface area contributed by atoms with Crippen molar-refractivity contribution in [3.8, 4) is 5.75 Å². The number of hydrogen-bond acceptors (Lipinski definition) is 6. The number of hydrogen-bond donors (Lipinski definition) is 1. The first-order valence-corrected chi connectivity index (χ1v) is 9.23. The number of ether oxygens (including phenoxy) is 1. The molecule has 0 bridgehead atoms. The van der Waals surface area contributed by atoms with Gasteiger partial charge in [0.25, 0.3) is 5.91 Å². The largest absolute Gasteiger partial charge is 0.491 e. The monoisotopic (exact) mass is 380 g/mol. The van der Waals surface area contributed by atoms with Crippen molar-refractivity contribution >= 4 is 43.6 Å². The van der Waals surface area contributed by atoms with Gasteiger partial charge in [0.05, 0.1) is 21.9 Å². The number of para-hydroxylation sites is 1. The highest BCUT2D eigenvalue weighted by atomic mass is 32.1. The molecule has 0 aliphatic carbocycles. The summed E-state index contributed by atoms with van der Waals surface area (Å²) in [6, 6.07) is 13.9. The molecule has 2 aromatic heterocycles. The summed E-state index contributed by atoms with van der Waals surface area (Å²) in [5.74, 6) is 0.161. The number of fused-ring (bicyclic) bond motifs is 2. The van der Waals surface area contributed by atoms with E-state index in [1.54, 1.807) is 18.2 Å². The minimum atomic E-state index is -0.598. The third-order valence-corrected chi connectivity index (χ3v) is 4.80. The van der Waals surface area contributed by atoms with Gasteiger partial charge in [-0.1, -0.05) is 23.5 Å². The van der Waals surface area contributed by atoms with Crippen molar-refractivity contribution in [1.82, 2.24) is 4.98 Å². The van der Waals surface area contributed by atoms with E-state index in [1.165, 1.54) is 17.4 Å². The second-order valence-electron chi connectivity index (χ2n) is 6.24. The summed E-state index contributed by atoms with van der Waals surface area (Å²) < 4.78 is 11.8. The number of rotatable bonds is 4. The standard InChI is InChI=1S/C20H16N2O4S/c1-11(2)25-12-7-8-13-14(10-18(23)26-16(13)9-12)19(24)22-20-21-15-5-3-4-6-17(15)27-20/h3-11H,1-2H3,(H,21,22,24). The molecule has 4 rings (SSSR count). The van der Waals surface area contributed by atoms with Gasteiger partial charge in [0.1, 0.15) is 11.3 Å². The Balaban J connectivity index is 1.71. The van der Waals surface area contributed by atoms with Crippen LogP contribution in [-0.2, 0) is 0 Å². The van der Waals surface area contributed by atoms with Gasteiger partial charge in [-0.15, -0.1) is 0 Å². The van der Waals surface area contributed by atoms with Gasteiger partial charge in [-0.2, -0.15) is 0 Å².